The normalized spacial score (nSPS) is 17.9. The number of hydrogen-bond donors (Lipinski definition) is 0. The lowest BCUT2D eigenvalue weighted by atomic mass is 10.1. The van der Waals surface area contributed by atoms with Crippen LogP contribution < -0.4 is 0 Å². The zero-order valence-corrected chi connectivity index (χ0v) is 15.8. The molecule has 2 aromatic carbocycles. The van der Waals surface area contributed by atoms with Gasteiger partial charge in [-0.3, -0.25) is 4.90 Å². The predicted molar refractivity (Wildman–Crippen MR) is 104 cm³/mol. The van der Waals surface area contributed by atoms with E-state index in [1.165, 1.54) is 16.7 Å². The Morgan fingerprint density at radius 3 is 2.68 bits per heavy atom. The van der Waals surface area contributed by atoms with Gasteiger partial charge in [-0.2, -0.15) is 0 Å². The van der Waals surface area contributed by atoms with E-state index in [9.17, 15) is 0 Å². The summed E-state index contributed by atoms with van der Waals surface area (Å²) in [6.45, 7) is 4.76. The maximum absolute atomic E-state index is 6.03. The van der Waals surface area contributed by atoms with Gasteiger partial charge in [0.1, 0.15) is 6.23 Å². The molecule has 1 aromatic heterocycles. The summed E-state index contributed by atoms with van der Waals surface area (Å²) in [7, 11) is 0. The number of aromatic nitrogens is 1. The molecule has 0 aliphatic carbocycles. The molecule has 1 saturated heterocycles. The fraction of sp³-hybridized carbons (Fsp3) is 0.238. The van der Waals surface area contributed by atoms with Crippen molar-refractivity contribution in [1.82, 2.24) is 9.47 Å². The molecule has 2 heterocycles. The van der Waals surface area contributed by atoms with E-state index in [0.29, 0.717) is 0 Å². The molecule has 128 valence electrons. The van der Waals surface area contributed by atoms with Crippen LogP contribution in [0, 0.1) is 6.92 Å². The van der Waals surface area contributed by atoms with E-state index in [2.05, 4.69) is 93.2 Å². The summed E-state index contributed by atoms with van der Waals surface area (Å²) < 4.78 is 9.26. The van der Waals surface area contributed by atoms with Gasteiger partial charge in [-0.25, -0.2) is 0 Å². The molecule has 3 nitrogen and oxygen atoms in total. The first-order valence-electron chi connectivity index (χ1n) is 8.55. The Labute approximate surface area is 157 Å². The molecule has 4 rings (SSSR count). The molecule has 0 radical (unpaired) electrons. The van der Waals surface area contributed by atoms with Crippen LogP contribution in [-0.4, -0.2) is 22.6 Å². The van der Waals surface area contributed by atoms with Gasteiger partial charge in [0.25, 0.3) is 0 Å². The van der Waals surface area contributed by atoms with E-state index >= 15 is 0 Å². The molecule has 0 amide bonds. The van der Waals surface area contributed by atoms with Gasteiger partial charge in [-0.05, 0) is 46.6 Å². The maximum Gasteiger partial charge on any atom is 0.138 e. The Morgan fingerprint density at radius 2 is 1.88 bits per heavy atom. The fourth-order valence-corrected chi connectivity index (χ4v) is 3.76. The molecular weight excluding hydrogens is 376 g/mol. The SMILES string of the molecule is Cc1ccc(CN2CCO[C@@H]2c2ccn(-c3ccccc3Br)c2)cc1. The molecule has 1 fully saturated rings. The number of rotatable bonds is 4. The number of benzene rings is 2. The van der Waals surface area contributed by atoms with Crippen molar-refractivity contribution in [3.63, 3.8) is 0 Å². The van der Waals surface area contributed by atoms with Crippen molar-refractivity contribution in [2.45, 2.75) is 19.7 Å². The largest absolute Gasteiger partial charge is 0.357 e. The van der Waals surface area contributed by atoms with Gasteiger partial charge in [0, 0.05) is 35.5 Å². The van der Waals surface area contributed by atoms with Crippen molar-refractivity contribution >= 4 is 15.9 Å². The number of ether oxygens (including phenoxy) is 1. The minimum atomic E-state index is 0.0186. The molecule has 3 aromatic rings. The van der Waals surface area contributed by atoms with Crippen molar-refractivity contribution in [3.05, 3.63) is 88.2 Å². The highest BCUT2D eigenvalue weighted by atomic mass is 79.9. The van der Waals surface area contributed by atoms with E-state index in [4.69, 9.17) is 4.74 Å². The summed E-state index contributed by atoms with van der Waals surface area (Å²) in [6, 6.07) is 19.1. The van der Waals surface area contributed by atoms with Crippen LogP contribution in [0.15, 0.2) is 71.5 Å². The highest BCUT2D eigenvalue weighted by Crippen LogP contribution is 2.30. The van der Waals surface area contributed by atoms with Crippen molar-refractivity contribution in [2.24, 2.45) is 0 Å². The third kappa shape index (κ3) is 3.56. The van der Waals surface area contributed by atoms with Crippen molar-refractivity contribution in [1.29, 1.82) is 0 Å². The van der Waals surface area contributed by atoms with Crippen molar-refractivity contribution in [2.75, 3.05) is 13.2 Å². The Morgan fingerprint density at radius 1 is 1.08 bits per heavy atom. The van der Waals surface area contributed by atoms with Crippen molar-refractivity contribution < 1.29 is 4.74 Å². The summed E-state index contributed by atoms with van der Waals surface area (Å²) in [4.78, 5) is 2.39. The van der Waals surface area contributed by atoms with Gasteiger partial charge in [0.05, 0.1) is 12.3 Å². The molecule has 1 atom stereocenters. The molecule has 1 aliphatic rings. The second-order valence-electron chi connectivity index (χ2n) is 6.48. The van der Waals surface area contributed by atoms with Gasteiger partial charge in [0.2, 0.25) is 0 Å². The first-order valence-corrected chi connectivity index (χ1v) is 9.34. The second kappa shape index (κ2) is 7.16. The number of hydrogen-bond acceptors (Lipinski definition) is 2. The smallest absolute Gasteiger partial charge is 0.138 e. The number of nitrogens with zero attached hydrogens (tertiary/aromatic N) is 2. The first-order chi connectivity index (χ1) is 12.2. The van der Waals surface area contributed by atoms with Crippen LogP contribution in [0.5, 0.6) is 0 Å². The van der Waals surface area contributed by atoms with E-state index in [-0.39, 0.29) is 6.23 Å². The summed E-state index contributed by atoms with van der Waals surface area (Å²) in [5.74, 6) is 0. The Balaban J connectivity index is 1.55. The number of para-hydroxylation sites is 1. The van der Waals surface area contributed by atoms with Crippen LogP contribution in [-0.2, 0) is 11.3 Å². The van der Waals surface area contributed by atoms with E-state index in [0.717, 1.165) is 29.9 Å². The van der Waals surface area contributed by atoms with E-state index in [1.54, 1.807) is 0 Å². The Bertz CT molecular complexity index is 856. The number of halogens is 1. The molecule has 4 heteroatoms. The van der Waals surface area contributed by atoms with Gasteiger partial charge >= 0.3 is 0 Å². The topological polar surface area (TPSA) is 17.4 Å². The zero-order valence-electron chi connectivity index (χ0n) is 14.2. The van der Waals surface area contributed by atoms with Crippen LogP contribution in [0.25, 0.3) is 5.69 Å². The van der Waals surface area contributed by atoms with Gasteiger partial charge in [-0.1, -0.05) is 42.0 Å². The standard InChI is InChI=1S/C21H21BrN2O/c1-16-6-8-17(9-7-16)14-24-12-13-25-21(24)18-10-11-23(15-18)20-5-3-2-4-19(20)22/h2-11,15,21H,12-14H2,1H3/t21-/m1/s1. The minimum Gasteiger partial charge on any atom is -0.357 e. The molecule has 1 aliphatic heterocycles. The molecule has 0 bridgehead atoms. The van der Waals surface area contributed by atoms with Crippen LogP contribution in [0.2, 0.25) is 0 Å². The predicted octanol–water partition coefficient (Wildman–Crippen LogP) is 5.08. The second-order valence-corrected chi connectivity index (χ2v) is 7.34. The third-order valence-electron chi connectivity index (χ3n) is 4.62. The zero-order chi connectivity index (χ0) is 17.2. The van der Waals surface area contributed by atoms with Crippen LogP contribution in [0.4, 0.5) is 0 Å². The minimum absolute atomic E-state index is 0.0186. The molecule has 0 unspecified atom stereocenters. The lowest BCUT2D eigenvalue weighted by molar-refractivity contribution is 0.0288. The average Bonchev–Trinajstić information content (AvgIpc) is 3.26. The Hall–Kier alpha value is -1.88. The number of aryl methyl sites for hydroxylation is 1. The fourth-order valence-electron chi connectivity index (χ4n) is 3.27. The van der Waals surface area contributed by atoms with Gasteiger partial charge < -0.3 is 9.30 Å². The van der Waals surface area contributed by atoms with Gasteiger partial charge in [-0.15, -0.1) is 0 Å². The van der Waals surface area contributed by atoms with Crippen LogP contribution in [0.1, 0.15) is 22.9 Å². The monoisotopic (exact) mass is 396 g/mol. The summed E-state index contributed by atoms with van der Waals surface area (Å²) >= 11 is 3.63. The van der Waals surface area contributed by atoms with E-state index in [1.807, 2.05) is 6.07 Å². The molecule has 0 saturated carbocycles. The average molecular weight is 397 g/mol. The quantitative estimate of drug-likeness (QED) is 0.611. The molecule has 0 spiro atoms. The lowest BCUT2D eigenvalue weighted by Crippen LogP contribution is -2.23. The lowest BCUT2D eigenvalue weighted by Gasteiger charge is -2.22. The summed E-state index contributed by atoms with van der Waals surface area (Å²) in [5, 5.41) is 0. The first kappa shape index (κ1) is 16.6. The maximum atomic E-state index is 6.03. The summed E-state index contributed by atoms with van der Waals surface area (Å²) in [6.07, 6.45) is 4.28. The Kier molecular flexibility index (Phi) is 4.75. The third-order valence-corrected chi connectivity index (χ3v) is 5.29. The van der Waals surface area contributed by atoms with Crippen molar-refractivity contribution in [3.8, 4) is 5.69 Å². The molecule has 25 heavy (non-hydrogen) atoms. The highest BCUT2D eigenvalue weighted by Gasteiger charge is 2.27. The van der Waals surface area contributed by atoms with Crippen LogP contribution >= 0.6 is 15.9 Å². The molecule has 0 N–H and O–H groups in total. The van der Waals surface area contributed by atoms with Gasteiger partial charge in [0.15, 0.2) is 0 Å². The highest BCUT2D eigenvalue weighted by molar-refractivity contribution is 9.10. The van der Waals surface area contributed by atoms with Crippen LogP contribution in [0.3, 0.4) is 0 Å². The van der Waals surface area contributed by atoms with E-state index < -0.39 is 0 Å². The molecular formula is C21H21BrN2O. The summed E-state index contributed by atoms with van der Waals surface area (Å²) in [5.41, 5.74) is 4.95.